The molecule has 0 radical (unpaired) electrons. The van der Waals surface area contributed by atoms with Gasteiger partial charge >= 0.3 is 5.97 Å². The monoisotopic (exact) mass is 657 g/mol. The number of rotatable bonds is 8. The van der Waals surface area contributed by atoms with Crippen molar-refractivity contribution in [3.8, 4) is 11.1 Å². The summed E-state index contributed by atoms with van der Waals surface area (Å²) in [7, 11) is -0.0539. The molecule has 1 saturated carbocycles. The number of nitrogens with two attached hydrogens (primary N) is 1. The highest BCUT2D eigenvalue weighted by Gasteiger charge is 2.49. The van der Waals surface area contributed by atoms with Crippen LogP contribution in [0.2, 0.25) is 10.0 Å². The number of carbonyl (C=O) groups excluding carboxylic acids is 3. The highest BCUT2D eigenvalue weighted by molar-refractivity contribution is 7.82. The van der Waals surface area contributed by atoms with Crippen molar-refractivity contribution in [3.05, 3.63) is 92.5 Å². The summed E-state index contributed by atoms with van der Waals surface area (Å²) in [6, 6.07) is 13.4. The van der Waals surface area contributed by atoms with Gasteiger partial charge in [-0.2, -0.15) is 0 Å². The van der Waals surface area contributed by atoms with Gasteiger partial charge in [-0.1, -0.05) is 54.2 Å². The van der Waals surface area contributed by atoms with Gasteiger partial charge < -0.3 is 20.5 Å². The summed E-state index contributed by atoms with van der Waals surface area (Å²) in [5.41, 5.74) is 9.39. The Balaban J connectivity index is 1.71. The van der Waals surface area contributed by atoms with E-state index in [1.54, 1.807) is 65.8 Å². The Labute approximate surface area is 268 Å². The molecule has 0 spiro atoms. The largest absolute Gasteiger partial charge is 0.465 e. The molecule has 4 N–H and O–H groups in total. The average Bonchev–Trinajstić information content (AvgIpc) is 3.00. The summed E-state index contributed by atoms with van der Waals surface area (Å²) in [5.74, 6) is -2.49. The zero-order valence-electron chi connectivity index (χ0n) is 24.2. The molecular formula is C32H33Cl2N3O6S. The normalized spacial score (nSPS) is 22.3. The molecule has 1 unspecified atom stereocenters. The predicted octanol–water partition coefficient (Wildman–Crippen LogP) is 4.90. The second-order valence-corrected chi connectivity index (χ2v) is 13.0. The van der Waals surface area contributed by atoms with Crippen LogP contribution in [0.25, 0.3) is 11.1 Å². The molecule has 3 aromatic rings. The standard InChI is InChI=1S/C32H33Cl2N3O6S/c1-43-32(41)18-8-10-21(19(13-18)16-38)17-7-11-22-24(14-17)28(30(35)39)29(23-12-9-20(33)15-25(23)34)37(31(22)40)27-6-4-3-5-26(27)36-44(2)42/h7-15,26-29,36,38H,3-6,16H2,1-2H3,(H2,35,39)/t26-,27-,28-,29+,44?/m1/s1. The van der Waals surface area contributed by atoms with Crippen LogP contribution in [0.3, 0.4) is 0 Å². The van der Waals surface area contributed by atoms with E-state index < -0.39 is 40.9 Å². The average molecular weight is 659 g/mol. The molecular weight excluding hydrogens is 625 g/mol. The van der Waals surface area contributed by atoms with Crippen molar-refractivity contribution in [1.82, 2.24) is 9.62 Å². The van der Waals surface area contributed by atoms with E-state index in [1.807, 2.05) is 0 Å². The van der Waals surface area contributed by atoms with Gasteiger partial charge in [-0.3, -0.25) is 9.59 Å². The van der Waals surface area contributed by atoms with E-state index >= 15 is 0 Å². The van der Waals surface area contributed by atoms with Crippen LogP contribution >= 0.6 is 23.2 Å². The van der Waals surface area contributed by atoms with Crippen molar-refractivity contribution in [2.45, 2.75) is 56.3 Å². The zero-order valence-corrected chi connectivity index (χ0v) is 26.5. The first-order chi connectivity index (χ1) is 21.0. The van der Waals surface area contributed by atoms with E-state index in [1.165, 1.54) is 7.11 Å². The smallest absolute Gasteiger partial charge is 0.337 e. The maximum Gasteiger partial charge on any atom is 0.337 e. The van der Waals surface area contributed by atoms with Crippen LogP contribution in [0.5, 0.6) is 0 Å². The first-order valence-electron chi connectivity index (χ1n) is 14.2. The molecule has 44 heavy (non-hydrogen) atoms. The highest BCUT2D eigenvalue weighted by atomic mass is 35.5. The number of benzene rings is 3. The van der Waals surface area contributed by atoms with E-state index in [4.69, 9.17) is 33.7 Å². The number of hydrogen-bond acceptors (Lipinski definition) is 6. The number of methoxy groups -OCH3 is 1. The van der Waals surface area contributed by atoms with E-state index in [-0.39, 0.29) is 29.1 Å². The van der Waals surface area contributed by atoms with Crippen LogP contribution < -0.4 is 10.5 Å². The molecule has 5 atom stereocenters. The van der Waals surface area contributed by atoms with Gasteiger partial charge in [-0.05, 0) is 77.1 Å². The van der Waals surface area contributed by atoms with E-state index in [9.17, 15) is 23.7 Å². The topological polar surface area (TPSA) is 139 Å². The Bertz CT molecular complexity index is 1650. The first kappa shape index (κ1) is 32.1. The molecule has 1 heterocycles. The van der Waals surface area contributed by atoms with E-state index in [0.29, 0.717) is 51.2 Å². The maximum absolute atomic E-state index is 14.5. The third kappa shape index (κ3) is 6.14. The van der Waals surface area contributed by atoms with Crippen molar-refractivity contribution in [2.75, 3.05) is 13.4 Å². The molecule has 1 aliphatic carbocycles. The molecule has 5 rings (SSSR count). The summed E-state index contributed by atoms with van der Waals surface area (Å²) < 4.78 is 20.2. The number of fused-ring (bicyclic) bond motifs is 1. The van der Waals surface area contributed by atoms with Crippen molar-refractivity contribution in [3.63, 3.8) is 0 Å². The second kappa shape index (κ2) is 13.4. The lowest BCUT2D eigenvalue weighted by molar-refractivity contribution is -0.121. The Morgan fingerprint density at radius 3 is 2.43 bits per heavy atom. The van der Waals surface area contributed by atoms with Gasteiger partial charge in [0.1, 0.15) is 0 Å². The van der Waals surface area contributed by atoms with Crippen LogP contribution in [-0.2, 0) is 27.1 Å². The second-order valence-electron chi connectivity index (χ2n) is 11.1. The Morgan fingerprint density at radius 2 is 1.77 bits per heavy atom. The Morgan fingerprint density at radius 1 is 1.05 bits per heavy atom. The van der Waals surface area contributed by atoms with Gasteiger partial charge in [0, 0.05) is 33.9 Å². The van der Waals surface area contributed by atoms with Crippen molar-refractivity contribution < 1.29 is 28.4 Å². The lowest BCUT2D eigenvalue weighted by atomic mass is 9.75. The summed E-state index contributed by atoms with van der Waals surface area (Å²) in [4.78, 5) is 41.8. The van der Waals surface area contributed by atoms with Crippen LogP contribution in [0.15, 0.2) is 54.6 Å². The zero-order chi connectivity index (χ0) is 31.7. The van der Waals surface area contributed by atoms with Gasteiger partial charge in [0.2, 0.25) is 5.91 Å². The quantitative estimate of drug-likeness (QED) is 0.295. The molecule has 0 saturated heterocycles. The van der Waals surface area contributed by atoms with Crippen LogP contribution in [0.4, 0.5) is 0 Å². The molecule has 2 aliphatic rings. The number of nitrogens with zero attached hydrogens (tertiary/aromatic N) is 1. The molecule has 1 fully saturated rings. The summed E-state index contributed by atoms with van der Waals surface area (Å²) in [5, 5.41) is 10.8. The molecule has 0 bridgehead atoms. The molecule has 12 heteroatoms. The van der Waals surface area contributed by atoms with Crippen LogP contribution in [-0.4, -0.2) is 57.4 Å². The molecule has 9 nitrogen and oxygen atoms in total. The van der Waals surface area contributed by atoms with E-state index in [0.717, 1.165) is 12.8 Å². The molecule has 2 amide bonds. The summed E-state index contributed by atoms with van der Waals surface area (Å²) in [6.45, 7) is -0.360. The fraction of sp³-hybridized carbons (Fsp3) is 0.344. The van der Waals surface area contributed by atoms with Gasteiger partial charge in [0.15, 0.2) is 0 Å². The number of aliphatic hydroxyl groups is 1. The number of nitrogens with one attached hydrogen (secondary N) is 1. The minimum Gasteiger partial charge on any atom is -0.465 e. The number of primary amides is 1. The summed E-state index contributed by atoms with van der Waals surface area (Å²) >= 11 is 13.0. The molecule has 232 valence electrons. The molecule has 1 aliphatic heterocycles. The Hall–Kier alpha value is -3.28. The number of carbonyl (C=O) groups is 3. The third-order valence-electron chi connectivity index (χ3n) is 8.47. The third-order valence-corrected chi connectivity index (χ3v) is 9.66. The SMILES string of the molecule is COC(=O)c1ccc(-c2ccc3c(c2)[C@@H](C(N)=O)[C@H](c2ccc(Cl)cc2Cl)N([C@@H]2CCCC[C@H]2NS(C)=O)C3=O)c(CO)c1. The Kier molecular flexibility index (Phi) is 9.77. The number of amides is 2. The maximum atomic E-state index is 14.5. The minimum atomic E-state index is -1.33. The number of esters is 1. The minimum absolute atomic E-state index is 0.276. The number of hydrogen-bond donors (Lipinski definition) is 3. The van der Waals surface area contributed by atoms with Crippen LogP contribution in [0, 0.1) is 0 Å². The highest BCUT2D eigenvalue weighted by Crippen LogP contribution is 2.48. The van der Waals surface area contributed by atoms with Gasteiger partial charge in [0.05, 0.1) is 42.2 Å². The van der Waals surface area contributed by atoms with Crippen molar-refractivity contribution in [2.24, 2.45) is 5.73 Å². The molecule has 0 aromatic heterocycles. The molecule has 3 aromatic carbocycles. The lowest BCUT2D eigenvalue weighted by Gasteiger charge is -2.49. The van der Waals surface area contributed by atoms with Gasteiger partial charge in [-0.15, -0.1) is 0 Å². The van der Waals surface area contributed by atoms with Crippen LogP contribution in [0.1, 0.15) is 75.0 Å². The lowest BCUT2D eigenvalue weighted by Crippen LogP contribution is -2.58. The summed E-state index contributed by atoms with van der Waals surface area (Å²) in [6.07, 6.45) is 4.64. The van der Waals surface area contributed by atoms with E-state index in [2.05, 4.69) is 4.72 Å². The number of halogens is 2. The van der Waals surface area contributed by atoms with Gasteiger partial charge in [0.25, 0.3) is 5.91 Å². The number of aliphatic hydroxyl groups excluding tert-OH is 1. The van der Waals surface area contributed by atoms with Crippen molar-refractivity contribution in [1.29, 1.82) is 0 Å². The fourth-order valence-corrected chi connectivity index (χ4v) is 7.78. The van der Waals surface area contributed by atoms with Gasteiger partial charge in [-0.25, -0.2) is 13.7 Å². The van der Waals surface area contributed by atoms with Crippen molar-refractivity contribution >= 4 is 52.0 Å². The number of ether oxygens (including phenoxy) is 1. The first-order valence-corrected chi connectivity index (χ1v) is 16.5. The predicted molar refractivity (Wildman–Crippen MR) is 170 cm³/mol. The fourth-order valence-electron chi connectivity index (χ4n) is 6.56.